The monoisotopic (exact) mass is 631 g/mol. The minimum absolute atomic E-state index is 0.0287. The van der Waals surface area contributed by atoms with Gasteiger partial charge in [-0.3, -0.25) is 9.59 Å². The van der Waals surface area contributed by atoms with Gasteiger partial charge in [0.2, 0.25) is 0 Å². The van der Waals surface area contributed by atoms with Gasteiger partial charge in [0, 0.05) is 38.3 Å². The van der Waals surface area contributed by atoms with E-state index in [2.05, 4.69) is 39.2 Å². The summed E-state index contributed by atoms with van der Waals surface area (Å²) in [5.41, 5.74) is 0.936. The minimum Gasteiger partial charge on any atom is -0.389 e. The number of benzene rings is 1. The second-order valence-electron chi connectivity index (χ2n) is 11.1. The molecule has 222 valence electrons. The standard InChI is InChI=1S/C28H31ClFN7O3S2/c1-14(2)35-8-6-16(7-9-35)31-26(39)25-32-23-22(28(40)36-11-17(38)12-36)18(30)10-15(3)24(23)37(25)13-21-33-34-27(42-21)19-4-5-20(29)41-19/h4-5,10,14,16-17,38H,6-9,11-13H2,1-3H3,(H,31,39). The van der Waals surface area contributed by atoms with E-state index in [1.165, 1.54) is 33.6 Å². The zero-order chi connectivity index (χ0) is 29.7. The Morgan fingerprint density at radius 1 is 1.19 bits per heavy atom. The fraction of sp³-hybridized carbons (Fsp3) is 0.464. The number of aliphatic hydroxyl groups is 1. The van der Waals surface area contributed by atoms with Crippen LogP contribution in [0, 0.1) is 12.7 Å². The number of carbonyl (C=O) groups excluding carboxylic acids is 2. The Hall–Kier alpha value is -2.97. The van der Waals surface area contributed by atoms with Gasteiger partial charge in [0.05, 0.1) is 27.4 Å². The predicted molar refractivity (Wildman–Crippen MR) is 161 cm³/mol. The second-order valence-corrected chi connectivity index (χ2v) is 13.9. The van der Waals surface area contributed by atoms with Gasteiger partial charge in [-0.2, -0.15) is 0 Å². The van der Waals surface area contributed by atoms with Crippen LogP contribution in [0.1, 0.15) is 58.2 Å². The molecule has 0 spiro atoms. The molecule has 0 saturated carbocycles. The quantitative estimate of drug-likeness (QED) is 0.314. The van der Waals surface area contributed by atoms with Crippen LogP contribution in [-0.2, 0) is 6.54 Å². The number of nitrogens with zero attached hydrogens (tertiary/aromatic N) is 6. The maximum atomic E-state index is 15.4. The molecule has 0 bridgehead atoms. The largest absolute Gasteiger partial charge is 0.389 e. The van der Waals surface area contributed by atoms with E-state index in [0.29, 0.717) is 31.5 Å². The third-order valence-corrected chi connectivity index (χ3v) is 10.2. The summed E-state index contributed by atoms with van der Waals surface area (Å²) in [5.74, 6) is -1.58. The van der Waals surface area contributed by atoms with E-state index in [9.17, 15) is 14.7 Å². The summed E-state index contributed by atoms with van der Waals surface area (Å²) in [6.07, 6.45) is 0.980. The molecule has 0 aliphatic carbocycles. The average Bonchev–Trinajstić information content (AvgIpc) is 3.66. The van der Waals surface area contributed by atoms with Crippen molar-refractivity contribution in [2.45, 2.75) is 58.3 Å². The van der Waals surface area contributed by atoms with Crippen molar-refractivity contribution in [1.82, 2.24) is 34.9 Å². The van der Waals surface area contributed by atoms with Crippen molar-refractivity contribution in [3.05, 3.63) is 50.3 Å². The Balaban J connectivity index is 1.38. The van der Waals surface area contributed by atoms with Crippen LogP contribution in [0.3, 0.4) is 0 Å². The van der Waals surface area contributed by atoms with Gasteiger partial charge in [-0.05, 0) is 57.4 Å². The lowest BCUT2D eigenvalue weighted by Gasteiger charge is -2.36. The summed E-state index contributed by atoms with van der Waals surface area (Å²) in [5, 5.41) is 22.9. The molecule has 10 nitrogen and oxygen atoms in total. The third-order valence-electron chi connectivity index (χ3n) is 7.87. The van der Waals surface area contributed by atoms with Crippen LogP contribution in [0.2, 0.25) is 4.34 Å². The lowest BCUT2D eigenvalue weighted by Crippen LogP contribution is -2.53. The molecule has 2 aliphatic rings. The van der Waals surface area contributed by atoms with Crippen LogP contribution >= 0.6 is 34.3 Å². The van der Waals surface area contributed by atoms with Crippen molar-refractivity contribution in [2.75, 3.05) is 26.2 Å². The molecule has 2 amide bonds. The summed E-state index contributed by atoms with van der Waals surface area (Å²) in [4.78, 5) is 36.4. The van der Waals surface area contributed by atoms with Crippen LogP contribution in [-0.4, -0.2) is 90.8 Å². The lowest BCUT2D eigenvalue weighted by molar-refractivity contribution is 0.00571. The average molecular weight is 632 g/mol. The highest BCUT2D eigenvalue weighted by Gasteiger charge is 2.35. The maximum absolute atomic E-state index is 15.4. The molecule has 6 rings (SSSR count). The first-order valence-corrected chi connectivity index (χ1v) is 15.9. The van der Waals surface area contributed by atoms with Crippen LogP contribution in [0.5, 0.6) is 0 Å². The van der Waals surface area contributed by atoms with Gasteiger partial charge in [-0.25, -0.2) is 9.37 Å². The molecule has 2 N–H and O–H groups in total. The van der Waals surface area contributed by atoms with E-state index < -0.39 is 17.8 Å². The first kappa shape index (κ1) is 29.1. The molecule has 3 aromatic heterocycles. The normalized spacial score (nSPS) is 16.9. The third kappa shape index (κ3) is 5.55. The number of hydrogen-bond donors (Lipinski definition) is 2. The number of β-amino-alcohol motifs (C(OH)–C–C–N with tert-alkyl or cyclic N) is 1. The van der Waals surface area contributed by atoms with Crippen molar-refractivity contribution < 1.29 is 19.1 Å². The zero-order valence-electron chi connectivity index (χ0n) is 23.4. The Bertz CT molecular complexity index is 1650. The van der Waals surface area contributed by atoms with E-state index in [0.717, 1.165) is 30.8 Å². The van der Waals surface area contributed by atoms with Crippen molar-refractivity contribution in [3.63, 3.8) is 0 Å². The topological polar surface area (TPSA) is 116 Å². The molecular weight excluding hydrogens is 601 g/mol. The number of imidazole rings is 1. The summed E-state index contributed by atoms with van der Waals surface area (Å²) in [6, 6.07) is 5.39. The lowest BCUT2D eigenvalue weighted by atomic mass is 10.0. The van der Waals surface area contributed by atoms with Crippen LogP contribution in [0.4, 0.5) is 4.39 Å². The van der Waals surface area contributed by atoms with Crippen LogP contribution in [0.25, 0.3) is 20.9 Å². The van der Waals surface area contributed by atoms with Gasteiger partial charge in [-0.1, -0.05) is 22.9 Å². The summed E-state index contributed by atoms with van der Waals surface area (Å²) in [6.45, 7) is 8.21. The van der Waals surface area contributed by atoms with Gasteiger partial charge in [0.25, 0.3) is 11.8 Å². The fourth-order valence-electron chi connectivity index (χ4n) is 5.57. The number of amides is 2. The Labute approximate surface area is 255 Å². The molecule has 0 unspecified atom stereocenters. The van der Waals surface area contributed by atoms with Crippen molar-refractivity contribution in [2.24, 2.45) is 0 Å². The number of rotatable bonds is 7. The van der Waals surface area contributed by atoms with Crippen LogP contribution < -0.4 is 5.32 Å². The van der Waals surface area contributed by atoms with E-state index in [1.54, 1.807) is 17.6 Å². The highest BCUT2D eigenvalue weighted by molar-refractivity contribution is 7.23. The smallest absolute Gasteiger partial charge is 0.287 e. The van der Waals surface area contributed by atoms with Gasteiger partial charge in [-0.15, -0.1) is 21.5 Å². The van der Waals surface area contributed by atoms with E-state index in [-0.39, 0.29) is 48.5 Å². The molecule has 14 heteroatoms. The molecule has 2 saturated heterocycles. The number of piperidine rings is 1. The first-order chi connectivity index (χ1) is 20.1. The molecule has 0 atom stereocenters. The van der Waals surface area contributed by atoms with E-state index in [1.807, 2.05) is 6.07 Å². The number of aryl methyl sites for hydroxylation is 1. The highest BCUT2D eigenvalue weighted by Crippen LogP contribution is 2.34. The minimum atomic E-state index is -0.711. The Morgan fingerprint density at radius 3 is 2.57 bits per heavy atom. The Morgan fingerprint density at radius 2 is 1.93 bits per heavy atom. The number of aliphatic hydroxyl groups excluding tert-OH is 1. The number of thiophene rings is 1. The van der Waals surface area contributed by atoms with E-state index >= 15 is 4.39 Å². The molecule has 1 aromatic carbocycles. The number of fused-ring (bicyclic) bond motifs is 1. The second kappa shape index (κ2) is 11.6. The number of likely N-dealkylation sites (tertiary alicyclic amines) is 2. The molecule has 5 heterocycles. The molecule has 0 radical (unpaired) electrons. The van der Waals surface area contributed by atoms with Gasteiger partial charge in [0.15, 0.2) is 10.8 Å². The fourth-order valence-corrected chi connectivity index (χ4v) is 7.49. The SMILES string of the molecule is Cc1cc(F)c(C(=O)N2CC(O)C2)c2nc(C(=O)NC3CCN(C(C)C)CC3)n(Cc3nnc(-c4ccc(Cl)s4)s3)c12. The van der Waals surface area contributed by atoms with Crippen molar-refractivity contribution >= 4 is 57.1 Å². The van der Waals surface area contributed by atoms with Gasteiger partial charge >= 0.3 is 0 Å². The maximum Gasteiger partial charge on any atom is 0.287 e. The molecule has 42 heavy (non-hydrogen) atoms. The molecule has 2 aliphatic heterocycles. The summed E-state index contributed by atoms with van der Waals surface area (Å²) < 4.78 is 17.7. The van der Waals surface area contributed by atoms with Crippen molar-refractivity contribution in [1.29, 1.82) is 0 Å². The number of carbonyl (C=O) groups is 2. The summed E-state index contributed by atoms with van der Waals surface area (Å²) in [7, 11) is 0. The molecule has 2 fully saturated rings. The zero-order valence-corrected chi connectivity index (χ0v) is 25.8. The first-order valence-electron chi connectivity index (χ1n) is 13.9. The van der Waals surface area contributed by atoms with Crippen molar-refractivity contribution in [3.8, 4) is 9.88 Å². The Kier molecular flexibility index (Phi) is 8.05. The number of halogens is 2. The predicted octanol–water partition coefficient (Wildman–Crippen LogP) is 4.18. The highest BCUT2D eigenvalue weighted by atomic mass is 35.5. The van der Waals surface area contributed by atoms with Gasteiger partial charge < -0.3 is 24.8 Å². The molecular formula is C28H31ClFN7O3S2. The molecule has 4 aromatic rings. The number of hydrogen-bond acceptors (Lipinski definition) is 9. The van der Waals surface area contributed by atoms with Gasteiger partial charge in [0.1, 0.15) is 21.9 Å². The number of aromatic nitrogens is 4. The number of nitrogens with one attached hydrogen (secondary N) is 1. The summed E-state index contributed by atoms with van der Waals surface area (Å²) >= 11 is 8.88. The van der Waals surface area contributed by atoms with Crippen LogP contribution in [0.15, 0.2) is 18.2 Å². The van der Waals surface area contributed by atoms with E-state index in [4.69, 9.17) is 11.6 Å².